The molecule has 6 rings (SSSR count). The molecule has 0 aromatic heterocycles. The van der Waals surface area contributed by atoms with Crippen LogP contribution >= 0.6 is 11.6 Å². The number of rotatable bonds is 5. The molecule has 0 radical (unpaired) electrons. The molecule has 0 spiro atoms. The first-order valence-corrected chi connectivity index (χ1v) is 11.1. The SMILES string of the molecule is COC(=O)C12CC3CC(C1)C(NC(=O)C1(Oc4ccc(Cl)cc4)CCC1)C(C3)C2. The van der Waals surface area contributed by atoms with Gasteiger partial charge in [-0.15, -0.1) is 0 Å². The molecule has 2 atom stereocenters. The molecule has 1 aromatic rings. The van der Waals surface area contributed by atoms with Gasteiger partial charge in [0.2, 0.25) is 0 Å². The molecule has 5 saturated carbocycles. The highest BCUT2D eigenvalue weighted by molar-refractivity contribution is 6.30. The highest BCUT2D eigenvalue weighted by atomic mass is 35.5. The molecule has 6 heteroatoms. The van der Waals surface area contributed by atoms with Gasteiger partial charge in [0.15, 0.2) is 5.60 Å². The van der Waals surface area contributed by atoms with Crippen molar-refractivity contribution in [1.29, 1.82) is 0 Å². The monoisotopic (exact) mass is 417 g/mol. The molecular weight excluding hydrogens is 390 g/mol. The zero-order valence-corrected chi connectivity index (χ0v) is 17.5. The summed E-state index contributed by atoms with van der Waals surface area (Å²) < 4.78 is 11.3. The maximum atomic E-state index is 13.3. The minimum absolute atomic E-state index is 0.00305. The summed E-state index contributed by atoms with van der Waals surface area (Å²) in [5, 5.41) is 4.02. The Bertz CT molecular complexity index is 803. The number of carbonyl (C=O) groups is 2. The molecule has 29 heavy (non-hydrogen) atoms. The lowest BCUT2D eigenvalue weighted by Crippen LogP contribution is -2.65. The lowest BCUT2D eigenvalue weighted by atomic mass is 9.48. The van der Waals surface area contributed by atoms with Gasteiger partial charge >= 0.3 is 5.97 Å². The standard InChI is InChI=1S/C23H28ClNO4/c1-28-21(27)22-11-14-9-15(12-22)19(16(10-14)13-22)25-20(26)23(7-2-8-23)29-18-5-3-17(24)4-6-18/h3-6,14-16,19H,2,7-13H2,1H3,(H,25,26). The predicted octanol–water partition coefficient (Wildman–Crippen LogP) is 4.13. The second kappa shape index (κ2) is 6.90. The summed E-state index contributed by atoms with van der Waals surface area (Å²) in [4.78, 5) is 25.8. The van der Waals surface area contributed by atoms with Crippen molar-refractivity contribution in [3.05, 3.63) is 29.3 Å². The van der Waals surface area contributed by atoms with Crippen molar-refractivity contribution >= 4 is 23.5 Å². The van der Waals surface area contributed by atoms with Gasteiger partial charge in [-0.3, -0.25) is 9.59 Å². The first-order valence-electron chi connectivity index (χ1n) is 10.8. The number of esters is 1. The van der Waals surface area contributed by atoms with E-state index in [1.807, 2.05) is 12.1 Å². The van der Waals surface area contributed by atoms with E-state index in [0.29, 0.717) is 28.5 Å². The van der Waals surface area contributed by atoms with Crippen molar-refractivity contribution in [2.45, 2.75) is 63.0 Å². The van der Waals surface area contributed by atoms with Gasteiger partial charge < -0.3 is 14.8 Å². The normalized spacial score (nSPS) is 36.2. The molecule has 4 bridgehead atoms. The Balaban J connectivity index is 1.31. The van der Waals surface area contributed by atoms with Gasteiger partial charge in [0, 0.05) is 11.1 Å². The second-order valence-corrected chi connectivity index (χ2v) is 10.1. The minimum atomic E-state index is -0.775. The number of carbonyl (C=O) groups excluding carboxylic acids is 2. The summed E-state index contributed by atoms with van der Waals surface area (Å²) in [6.07, 6.45) is 7.29. The zero-order chi connectivity index (χ0) is 20.2. The van der Waals surface area contributed by atoms with E-state index >= 15 is 0 Å². The molecule has 0 heterocycles. The van der Waals surface area contributed by atoms with Crippen molar-refractivity contribution in [2.24, 2.45) is 23.2 Å². The average molecular weight is 418 g/mol. The van der Waals surface area contributed by atoms with E-state index in [9.17, 15) is 9.59 Å². The molecule has 1 N–H and O–H groups in total. The van der Waals surface area contributed by atoms with E-state index in [2.05, 4.69) is 5.32 Å². The fraction of sp³-hybridized carbons (Fsp3) is 0.652. The van der Waals surface area contributed by atoms with E-state index in [-0.39, 0.29) is 23.3 Å². The quantitative estimate of drug-likeness (QED) is 0.732. The summed E-state index contributed by atoms with van der Waals surface area (Å²) in [6.45, 7) is 0. The van der Waals surface area contributed by atoms with Gasteiger partial charge in [-0.2, -0.15) is 0 Å². The van der Waals surface area contributed by atoms with Gasteiger partial charge in [-0.05, 0) is 93.4 Å². The summed E-state index contributed by atoms with van der Waals surface area (Å²) in [7, 11) is 1.49. The second-order valence-electron chi connectivity index (χ2n) is 9.64. The Morgan fingerprint density at radius 2 is 1.72 bits per heavy atom. The van der Waals surface area contributed by atoms with Crippen LogP contribution in [0.2, 0.25) is 5.02 Å². The van der Waals surface area contributed by atoms with Gasteiger partial charge in [-0.25, -0.2) is 0 Å². The van der Waals surface area contributed by atoms with Crippen LogP contribution in [0.4, 0.5) is 0 Å². The summed E-state index contributed by atoms with van der Waals surface area (Å²) >= 11 is 5.97. The van der Waals surface area contributed by atoms with E-state index in [1.54, 1.807) is 12.1 Å². The number of benzene rings is 1. The van der Waals surface area contributed by atoms with Gasteiger partial charge in [-0.1, -0.05) is 11.6 Å². The maximum Gasteiger partial charge on any atom is 0.311 e. The van der Waals surface area contributed by atoms with Gasteiger partial charge in [0.1, 0.15) is 5.75 Å². The van der Waals surface area contributed by atoms with Crippen molar-refractivity contribution in [3.8, 4) is 5.75 Å². The molecule has 1 amide bonds. The number of ether oxygens (including phenoxy) is 2. The summed E-state index contributed by atoms with van der Waals surface area (Å²) in [5.41, 5.74) is -1.09. The zero-order valence-electron chi connectivity index (χ0n) is 16.8. The molecule has 2 unspecified atom stereocenters. The van der Waals surface area contributed by atoms with Crippen LogP contribution in [0.5, 0.6) is 5.75 Å². The van der Waals surface area contributed by atoms with Gasteiger partial charge in [0.05, 0.1) is 12.5 Å². The Labute approximate surface area is 176 Å². The van der Waals surface area contributed by atoms with Crippen LogP contribution in [-0.4, -0.2) is 30.6 Å². The van der Waals surface area contributed by atoms with E-state index in [1.165, 1.54) is 7.11 Å². The topological polar surface area (TPSA) is 64.6 Å². The van der Waals surface area contributed by atoms with Gasteiger partial charge in [0.25, 0.3) is 5.91 Å². The molecular formula is C23H28ClNO4. The number of hydrogen-bond acceptors (Lipinski definition) is 4. The predicted molar refractivity (Wildman–Crippen MR) is 109 cm³/mol. The van der Waals surface area contributed by atoms with Crippen LogP contribution in [-0.2, 0) is 14.3 Å². The largest absolute Gasteiger partial charge is 0.477 e. The van der Waals surface area contributed by atoms with Crippen LogP contribution < -0.4 is 10.1 Å². The number of nitrogens with one attached hydrogen (secondary N) is 1. The van der Waals surface area contributed by atoms with E-state index in [4.69, 9.17) is 21.1 Å². The van der Waals surface area contributed by atoms with Crippen LogP contribution in [0, 0.1) is 23.2 Å². The molecule has 5 fully saturated rings. The Kier molecular flexibility index (Phi) is 4.57. The fourth-order valence-corrected chi connectivity index (χ4v) is 6.74. The lowest BCUT2D eigenvalue weighted by molar-refractivity contribution is -0.172. The lowest BCUT2D eigenvalue weighted by Gasteiger charge is -2.59. The minimum Gasteiger partial charge on any atom is -0.477 e. The van der Waals surface area contributed by atoms with Crippen molar-refractivity contribution in [1.82, 2.24) is 5.32 Å². The smallest absolute Gasteiger partial charge is 0.311 e. The third-order valence-corrected chi connectivity index (χ3v) is 8.14. The van der Waals surface area contributed by atoms with Crippen LogP contribution in [0.15, 0.2) is 24.3 Å². The van der Waals surface area contributed by atoms with Crippen LogP contribution in [0.25, 0.3) is 0 Å². The van der Waals surface area contributed by atoms with Crippen molar-refractivity contribution in [3.63, 3.8) is 0 Å². The first-order chi connectivity index (χ1) is 13.9. The van der Waals surface area contributed by atoms with E-state index < -0.39 is 5.60 Å². The van der Waals surface area contributed by atoms with E-state index in [0.717, 1.165) is 51.4 Å². The molecule has 5 nitrogen and oxygen atoms in total. The molecule has 1 aromatic carbocycles. The first kappa shape index (κ1) is 19.2. The van der Waals surface area contributed by atoms with Crippen LogP contribution in [0.1, 0.15) is 51.4 Å². The fourth-order valence-electron chi connectivity index (χ4n) is 6.61. The Morgan fingerprint density at radius 3 is 2.28 bits per heavy atom. The third-order valence-electron chi connectivity index (χ3n) is 7.89. The maximum absolute atomic E-state index is 13.3. The highest BCUT2D eigenvalue weighted by Crippen LogP contribution is 2.60. The number of halogens is 1. The molecule has 156 valence electrons. The summed E-state index contributed by atoms with van der Waals surface area (Å²) in [6, 6.07) is 7.34. The number of amides is 1. The molecule has 5 aliphatic rings. The molecule has 0 saturated heterocycles. The number of methoxy groups -OCH3 is 1. The number of hydrogen-bond donors (Lipinski definition) is 1. The summed E-state index contributed by atoms with van der Waals surface area (Å²) in [5.74, 6) is 1.93. The Morgan fingerprint density at radius 1 is 1.07 bits per heavy atom. The molecule has 0 aliphatic heterocycles. The van der Waals surface area contributed by atoms with Crippen molar-refractivity contribution in [2.75, 3.05) is 7.11 Å². The average Bonchev–Trinajstić information content (AvgIpc) is 2.67. The van der Waals surface area contributed by atoms with Crippen LogP contribution in [0.3, 0.4) is 0 Å². The third kappa shape index (κ3) is 3.13. The van der Waals surface area contributed by atoms with Crippen molar-refractivity contribution < 1.29 is 19.1 Å². The Hall–Kier alpha value is -1.75. The molecule has 5 aliphatic carbocycles. The highest BCUT2D eigenvalue weighted by Gasteiger charge is 2.60.